The topological polar surface area (TPSA) is 58.2 Å². The molecule has 0 heterocycles. The van der Waals surface area contributed by atoms with Gasteiger partial charge in [-0.25, -0.2) is 0 Å². The first-order valence-corrected chi connectivity index (χ1v) is 7.89. The van der Waals surface area contributed by atoms with Gasteiger partial charge in [-0.1, -0.05) is 18.2 Å². The molecule has 0 aliphatic heterocycles. The van der Waals surface area contributed by atoms with Gasteiger partial charge in [-0.05, 0) is 30.3 Å². The molecule has 0 spiro atoms. The summed E-state index contributed by atoms with van der Waals surface area (Å²) < 4.78 is 76.8. The Balaban J connectivity index is 2.02. The van der Waals surface area contributed by atoms with E-state index in [1.54, 1.807) is 18.2 Å². The van der Waals surface area contributed by atoms with E-state index >= 15 is 0 Å². The highest BCUT2D eigenvalue weighted by Gasteiger charge is 2.37. The molecule has 0 atom stereocenters. The Hall–Kier alpha value is -3.04. The van der Waals surface area contributed by atoms with Crippen LogP contribution in [0, 0.1) is 0 Å². The van der Waals surface area contributed by atoms with Crippen LogP contribution in [0.25, 0.3) is 0 Å². The van der Waals surface area contributed by atoms with E-state index in [9.17, 15) is 35.9 Å². The van der Waals surface area contributed by atoms with Crippen molar-refractivity contribution in [2.24, 2.45) is 0 Å². The number of hydrogen-bond acceptors (Lipinski definition) is 2. The van der Waals surface area contributed by atoms with Crippen LogP contribution in [0.4, 0.5) is 32.0 Å². The highest BCUT2D eigenvalue weighted by molar-refractivity contribution is 5.95. The van der Waals surface area contributed by atoms with E-state index in [1.165, 1.54) is 12.1 Å². The van der Waals surface area contributed by atoms with Crippen molar-refractivity contribution >= 4 is 17.5 Å². The number of hydrogen-bond donors (Lipinski definition) is 2. The number of amides is 2. The van der Waals surface area contributed by atoms with Crippen molar-refractivity contribution in [1.29, 1.82) is 0 Å². The molecule has 2 aromatic rings. The van der Waals surface area contributed by atoms with E-state index in [1.807, 2.05) is 5.32 Å². The smallest absolute Gasteiger partial charge is 0.352 e. The third-order valence-corrected chi connectivity index (χ3v) is 3.55. The van der Waals surface area contributed by atoms with Crippen LogP contribution in [0.5, 0.6) is 0 Å². The van der Waals surface area contributed by atoms with Gasteiger partial charge in [0.1, 0.15) is 0 Å². The standard InChI is InChI=1S/C18H14F6N2O2/c19-17(20,21)12-8-13(18(22,23)24)10-14(9-12)26-15(27)6-7-25-16(28)11-4-2-1-3-5-11/h1-5,8-10H,6-7H2,(H,25,28)(H,26,27). The second-order valence-corrected chi connectivity index (χ2v) is 5.71. The maximum absolute atomic E-state index is 12.8. The summed E-state index contributed by atoms with van der Waals surface area (Å²) in [6.07, 6.45) is -10.4. The summed E-state index contributed by atoms with van der Waals surface area (Å²) in [5.41, 5.74) is -3.36. The predicted octanol–water partition coefficient (Wildman–Crippen LogP) is 4.48. The largest absolute Gasteiger partial charge is 0.416 e. The molecule has 0 radical (unpaired) electrons. The van der Waals surface area contributed by atoms with Gasteiger partial charge in [-0.2, -0.15) is 26.3 Å². The minimum atomic E-state index is -5.01. The number of anilines is 1. The summed E-state index contributed by atoms with van der Waals surface area (Å²) in [5, 5.41) is 4.42. The Labute approximate surface area is 155 Å². The van der Waals surface area contributed by atoms with Gasteiger partial charge < -0.3 is 10.6 Å². The Morgan fingerprint density at radius 2 is 1.36 bits per heavy atom. The number of rotatable bonds is 5. The molecule has 0 aliphatic carbocycles. The lowest BCUT2D eigenvalue weighted by Gasteiger charge is -2.15. The lowest BCUT2D eigenvalue weighted by molar-refractivity contribution is -0.143. The Bertz CT molecular complexity index is 815. The maximum atomic E-state index is 12.8. The summed E-state index contributed by atoms with van der Waals surface area (Å²) in [6.45, 7) is -0.148. The second-order valence-electron chi connectivity index (χ2n) is 5.71. The summed E-state index contributed by atoms with van der Waals surface area (Å²) in [4.78, 5) is 23.6. The number of carbonyl (C=O) groups is 2. The summed E-state index contributed by atoms with van der Waals surface area (Å²) in [7, 11) is 0. The summed E-state index contributed by atoms with van der Waals surface area (Å²) >= 11 is 0. The van der Waals surface area contributed by atoms with Crippen molar-refractivity contribution in [3.05, 3.63) is 65.2 Å². The zero-order chi connectivity index (χ0) is 20.9. The van der Waals surface area contributed by atoms with Crippen molar-refractivity contribution in [3.63, 3.8) is 0 Å². The van der Waals surface area contributed by atoms with Gasteiger partial charge in [0.25, 0.3) is 5.91 Å². The van der Waals surface area contributed by atoms with Gasteiger partial charge in [0.15, 0.2) is 0 Å². The highest BCUT2D eigenvalue weighted by atomic mass is 19.4. The number of carbonyl (C=O) groups excluding carboxylic acids is 2. The monoisotopic (exact) mass is 404 g/mol. The molecule has 0 bridgehead atoms. The van der Waals surface area contributed by atoms with Crippen molar-refractivity contribution < 1.29 is 35.9 Å². The first-order chi connectivity index (χ1) is 13.0. The highest BCUT2D eigenvalue weighted by Crippen LogP contribution is 2.37. The normalized spacial score (nSPS) is 11.8. The fourth-order valence-corrected chi connectivity index (χ4v) is 2.23. The summed E-state index contributed by atoms with van der Waals surface area (Å²) in [6, 6.07) is 8.84. The molecule has 0 aliphatic rings. The van der Waals surface area contributed by atoms with Crippen LogP contribution < -0.4 is 10.6 Å². The third-order valence-electron chi connectivity index (χ3n) is 3.55. The van der Waals surface area contributed by atoms with E-state index in [0.717, 1.165) is 0 Å². The van der Waals surface area contributed by atoms with Crippen LogP contribution in [-0.2, 0) is 17.1 Å². The quantitative estimate of drug-likeness (QED) is 0.722. The van der Waals surface area contributed by atoms with E-state index in [2.05, 4.69) is 5.32 Å². The predicted molar refractivity (Wildman–Crippen MR) is 88.5 cm³/mol. The van der Waals surface area contributed by atoms with Crippen LogP contribution >= 0.6 is 0 Å². The number of nitrogens with one attached hydrogen (secondary N) is 2. The first kappa shape index (κ1) is 21.3. The lowest BCUT2D eigenvalue weighted by atomic mass is 10.1. The maximum Gasteiger partial charge on any atom is 0.416 e. The van der Waals surface area contributed by atoms with E-state index < -0.39 is 41.0 Å². The fraction of sp³-hybridized carbons (Fsp3) is 0.222. The molecule has 0 fully saturated rings. The average molecular weight is 404 g/mol. The summed E-state index contributed by atoms with van der Waals surface area (Å²) in [5.74, 6) is -1.31. The van der Waals surface area contributed by atoms with Crippen molar-refractivity contribution in [1.82, 2.24) is 5.32 Å². The van der Waals surface area contributed by atoms with Crippen LogP contribution in [0.2, 0.25) is 0 Å². The minimum Gasteiger partial charge on any atom is -0.352 e. The fourth-order valence-electron chi connectivity index (χ4n) is 2.23. The van der Waals surface area contributed by atoms with Crippen LogP contribution in [-0.4, -0.2) is 18.4 Å². The zero-order valence-electron chi connectivity index (χ0n) is 14.1. The molecule has 0 saturated heterocycles. The second kappa shape index (κ2) is 8.32. The zero-order valence-corrected chi connectivity index (χ0v) is 14.1. The molecule has 2 N–H and O–H groups in total. The Kier molecular flexibility index (Phi) is 6.32. The Morgan fingerprint density at radius 3 is 1.86 bits per heavy atom. The molecule has 10 heteroatoms. The van der Waals surface area contributed by atoms with E-state index in [4.69, 9.17) is 0 Å². The SMILES string of the molecule is O=C(CCNC(=O)c1ccccc1)Nc1cc(C(F)(F)F)cc(C(F)(F)F)c1. The molecule has 2 amide bonds. The lowest BCUT2D eigenvalue weighted by Crippen LogP contribution is -2.27. The number of alkyl halides is 6. The molecule has 0 unspecified atom stereocenters. The molecular formula is C18H14F6N2O2. The van der Waals surface area contributed by atoms with Gasteiger partial charge in [-0.3, -0.25) is 9.59 Å². The minimum absolute atomic E-state index is 0.0320. The molecule has 0 saturated carbocycles. The average Bonchev–Trinajstić information content (AvgIpc) is 2.60. The van der Waals surface area contributed by atoms with Crippen molar-refractivity contribution in [2.75, 3.05) is 11.9 Å². The molecule has 28 heavy (non-hydrogen) atoms. The number of benzene rings is 2. The van der Waals surface area contributed by atoms with Gasteiger partial charge in [-0.15, -0.1) is 0 Å². The van der Waals surface area contributed by atoms with Gasteiger partial charge in [0.2, 0.25) is 5.91 Å². The third kappa shape index (κ3) is 6.00. The van der Waals surface area contributed by atoms with Crippen molar-refractivity contribution in [3.8, 4) is 0 Å². The molecule has 2 aromatic carbocycles. The number of halogens is 6. The first-order valence-electron chi connectivity index (χ1n) is 7.89. The van der Waals surface area contributed by atoms with Crippen molar-refractivity contribution in [2.45, 2.75) is 18.8 Å². The van der Waals surface area contributed by atoms with Crippen LogP contribution in [0.3, 0.4) is 0 Å². The van der Waals surface area contributed by atoms with Crippen LogP contribution in [0.1, 0.15) is 27.9 Å². The molecule has 2 rings (SSSR count). The molecule has 0 aromatic heterocycles. The van der Waals surface area contributed by atoms with E-state index in [0.29, 0.717) is 17.7 Å². The molecule has 4 nitrogen and oxygen atoms in total. The van der Waals surface area contributed by atoms with Gasteiger partial charge >= 0.3 is 12.4 Å². The van der Waals surface area contributed by atoms with Gasteiger partial charge in [0.05, 0.1) is 11.1 Å². The van der Waals surface area contributed by atoms with E-state index in [-0.39, 0.29) is 19.0 Å². The molecular weight excluding hydrogens is 390 g/mol. The van der Waals surface area contributed by atoms with Crippen LogP contribution in [0.15, 0.2) is 48.5 Å². The molecule has 150 valence electrons. The van der Waals surface area contributed by atoms with Gasteiger partial charge in [0, 0.05) is 24.2 Å². The Morgan fingerprint density at radius 1 is 0.821 bits per heavy atom.